The molecular weight excluding hydrogens is 301 g/mol. The van der Waals surface area contributed by atoms with E-state index in [-0.39, 0.29) is 5.02 Å². The Bertz CT molecular complexity index is 657. The molecule has 0 unspecified atom stereocenters. The number of thiocarbonyl (C=S) groups is 1. The minimum Gasteiger partial charge on any atom is -0.455 e. The van der Waals surface area contributed by atoms with Gasteiger partial charge in [-0.1, -0.05) is 11.6 Å². The van der Waals surface area contributed by atoms with Gasteiger partial charge in [-0.05, 0) is 42.5 Å². The fraction of sp³-hybridized carbons (Fsp3) is 0.0769. The molecule has 0 saturated heterocycles. The molecule has 0 aliphatic rings. The highest BCUT2D eigenvalue weighted by Crippen LogP contribution is 2.26. The summed E-state index contributed by atoms with van der Waals surface area (Å²) in [5, 5.41) is 7.06. The van der Waals surface area contributed by atoms with Gasteiger partial charge in [-0.2, -0.15) is 5.10 Å². The zero-order chi connectivity index (χ0) is 14.5. The van der Waals surface area contributed by atoms with Crippen molar-refractivity contribution in [3.8, 4) is 11.3 Å². The Hall–Kier alpha value is -1.92. The van der Waals surface area contributed by atoms with Crippen LogP contribution in [0.4, 0.5) is 4.39 Å². The van der Waals surface area contributed by atoms with Crippen LogP contribution in [0.2, 0.25) is 5.02 Å². The van der Waals surface area contributed by atoms with Gasteiger partial charge in [-0.15, -0.1) is 0 Å². The maximum atomic E-state index is 13.1. The van der Waals surface area contributed by atoms with Crippen LogP contribution < -0.4 is 10.7 Å². The number of benzene rings is 1. The first-order valence-electron chi connectivity index (χ1n) is 5.66. The molecule has 0 radical (unpaired) electrons. The highest BCUT2D eigenvalue weighted by atomic mass is 35.5. The van der Waals surface area contributed by atoms with E-state index in [1.807, 2.05) is 0 Å². The van der Waals surface area contributed by atoms with Gasteiger partial charge in [0.2, 0.25) is 0 Å². The lowest BCUT2D eigenvalue weighted by atomic mass is 10.2. The molecule has 0 fully saturated rings. The molecule has 0 bridgehead atoms. The van der Waals surface area contributed by atoms with Crippen molar-refractivity contribution in [1.29, 1.82) is 0 Å². The van der Waals surface area contributed by atoms with Gasteiger partial charge >= 0.3 is 0 Å². The topological polar surface area (TPSA) is 49.6 Å². The molecule has 0 amide bonds. The van der Waals surface area contributed by atoms with Gasteiger partial charge in [0.05, 0.1) is 11.2 Å². The lowest BCUT2D eigenvalue weighted by Crippen LogP contribution is -2.28. The van der Waals surface area contributed by atoms with Gasteiger partial charge in [-0.25, -0.2) is 4.39 Å². The second-order valence-electron chi connectivity index (χ2n) is 3.78. The van der Waals surface area contributed by atoms with Crippen LogP contribution in [0, 0.1) is 5.82 Å². The summed E-state index contributed by atoms with van der Waals surface area (Å²) in [6.07, 6.45) is 1.48. The molecule has 4 nitrogen and oxygen atoms in total. The zero-order valence-electron chi connectivity index (χ0n) is 10.5. The van der Waals surface area contributed by atoms with Gasteiger partial charge in [0.15, 0.2) is 5.11 Å². The van der Waals surface area contributed by atoms with E-state index in [4.69, 9.17) is 28.2 Å². The van der Waals surface area contributed by atoms with Crippen molar-refractivity contribution in [2.24, 2.45) is 5.10 Å². The van der Waals surface area contributed by atoms with Crippen molar-refractivity contribution in [2.45, 2.75) is 0 Å². The molecular formula is C13H11ClFN3OS. The first-order valence-corrected chi connectivity index (χ1v) is 6.45. The summed E-state index contributed by atoms with van der Waals surface area (Å²) in [6, 6.07) is 7.88. The SMILES string of the molecule is CNC(=S)N/N=C/c1ccc(-c2ccc(F)c(Cl)c2)o1. The number of halogens is 2. The Morgan fingerprint density at radius 3 is 2.90 bits per heavy atom. The van der Waals surface area contributed by atoms with Gasteiger partial charge in [0.25, 0.3) is 0 Å². The summed E-state index contributed by atoms with van der Waals surface area (Å²) >= 11 is 10.6. The number of hydrazone groups is 1. The monoisotopic (exact) mass is 311 g/mol. The van der Waals surface area contributed by atoms with E-state index in [2.05, 4.69) is 15.8 Å². The summed E-state index contributed by atoms with van der Waals surface area (Å²) < 4.78 is 18.6. The third-order valence-electron chi connectivity index (χ3n) is 2.42. The lowest BCUT2D eigenvalue weighted by Gasteiger charge is -1.99. The summed E-state index contributed by atoms with van der Waals surface area (Å²) in [5.41, 5.74) is 3.30. The van der Waals surface area contributed by atoms with Crippen LogP contribution in [0.1, 0.15) is 5.76 Å². The van der Waals surface area contributed by atoms with Crippen LogP contribution in [-0.2, 0) is 0 Å². The number of hydrogen-bond donors (Lipinski definition) is 2. The molecule has 1 aromatic carbocycles. The highest BCUT2D eigenvalue weighted by Gasteiger charge is 2.06. The standard InChI is InChI=1S/C13H11ClFN3OS/c1-16-13(20)18-17-7-9-3-5-12(19-9)8-2-4-11(15)10(14)6-8/h2-7H,1H3,(H2,16,18,20)/b17-7+. The number of nitrogens with zero attached hydrogens (tertiary/aromatic N) is 1. The second kappa shape index (κ2) is 6.49. The predicted molar refractivity (Wildman–Crippen MR) is 81.5 cm³/mol. The molecule has 1 aromatic heterocycles. The average molecular weight is 312 g/mol. The Morgan fingerprint density at radius 2 is 2.20 bits per heavy atom. The highest BCUT2D eigenvalue weighted by molar-refractivity contribution is 7.80. The molecule has 2 rings (SSSR count). The Kier molecular flexibility index (Phi) is 4.70. The number of furan rings is 1. The van der Waals surface area contributed by atoms with Crippen LogP contribution in [-0.4, -0.2) is 18.4 Å². The summed E-state index contributed by atoms with van der Waals surface area (Å²) in [7, 11) is 1.69. The van der Waals surface area contributed by atoms with Crippen LogP contribution in [0.5, 0.6) is 0 Å². The van der Waals surface area contributed by atoms with E-state index >= 15 is 0 Å². The Balaban J connectivity index is 2.12. The van der Waals surface area contributed by atoms with Crippen molar-refractivity contribution in [1.82, 2.24) is 10.7 Å². The minimum atomic E-state index is -0.464. The fourth-order valence-corrected chi connectivity index (χ4v) is 1.67. The molecule has 0 spiro atoms. The molecule has 0 aliphatic carbocycles. The smallest absolute Gasteiger partial charge is 0.186 e. The molecule has 2 N–H and O–H groups in total. The van der Waals surface area contributed by atoms with Gasteiger partial charge < -0.3 is 9.73 Å². The summed E-state index contributed by atoms with van der Waals surface area (Å²) in [4.78, 5) is 0. The van der Waals surface area contributed by atoms with Gasteiger partial charge in [-0.3, -0.25) is 5.43 Å². The van der Waals surface area contributed by atoms with E-state index in [1.165, 1.54) is 18.3 Å². The van der Waals surface area contributed by atoms with E-state index in [9.17, 15) is 4.39 Å². The van der Waals surface area contributed by atoms with E-state index in [0.29, 0.717) is 22.2 Å². The molecule has 104 valence electrons. The van der Waals surface area contributed by atoms with Crippen molar-refractivity contribution in [3.05, 3.63) is 46.9 Å². The third kappa shape index (κ3) is 3.55. The first-order chi connectivity index (χ1) is 9.60. The summed E-state index contributed by atoms with van der Waals surface area (Å²) in [6.45, 7) is 0. The average Bonchev–Trinajstić information content (AvgIpc) is 2.90. The van der Waals surface area contributed by atoms with E-state index in [1.54, 1.807) is 25.2 Å². The third-order valence-corrected chi connectivity index (χ3v) is 3.00. The van der Waals surface area contributed by atoms with Crippen molar-refractivity contribution >= 4 is 35.1 Å². The second-order valence-corrected chi connectivity index (χ2v) is 4.60. The lowest BCUT2D eigenvalue weighted by molar-refractivity contribution is 0.574. The maximum Gasteiger partial charge on any atom is 0.186 e. The normalized spacial score (nSPS) is 10.8. The largest absolute Gasteiger partial charge is 0.455 e. The van der Waals surface area contributed by atoms with Crippen LogP contribution >= 0.6 is 23.8 Å². The molecule has 2 aromatic rings. The van der Waals surface area contributed by atoms with Gasteiger partial charge in [0.1, 0.15) is 17.3 Å². The molecule has 0 atom stereocenters. The van der Waals surface area contributed by atoms with Crippen LogP contribution in [0.25, 0.3) is 11.3 Å². The molecule has 0 saturated carbocycles. The zero-order valence-corrected chi connectivity index (χ0v) is 12.1. The Labute approximate surface area is 125 Å². The molecule has 1 heterocycles. The Morgan fingerprint density at radius 1 is 1.40 bits per heavy atom. The quantitative estimate of drug-likeness (QED) is 0.519. The van der Waals surface area contributed by atoms with Crippen molar-refractivity contribution in [2.75, 3.05) is 7.05 Å². The predicted octanol–water partition coefficient (Wildman–Crippen LogP) is 3.17. The van der Waals surface area contributed by atoms with Crippen LogP contribution in [0.15, 0.2) is 39.9 Å². The van der Waals surface area contributed by atoms with E-state index < -0.39 is 5.82 Å². The maximum absolute atomic E-state index is 13.1. The molecule has 0 aliphatic heterocycles. The van der Waals surface area contributed by atoms with Crippen LogP contribution in [0.3, 0.4) is 0 Å². The van der Waals surface area contributed by atoms with E-state index in [0.717, 1.165) is 0 Å². The number of nitrogens with one attached hydrogen (secondary N) is 2. The molecule has 20 heavy (non-hydrogen) atoms. The minimum absolute atomic E-state index is 0.0511. The van der Waals surface area contributed by atoms with Crippen molar-refractivity contribution in [3.63, 3.8) is 0 Å². The first kappa shape index (κ1) is 14.5. The number of rotatable bonds is 3. The number of hydrogen-bond acceptors (Lipinski definition) is 3. The fourth-order valence-electron chi connectivity index (χ4n) is 1.44. The molecule has 7 heteroatoms. The van der Waals surface area contributed by atoms with Crippen molar-refractivity contribution < 1.29 is 8.81 Å². The summed E-state index contributed by atoms with van der Waals surface area (Å²) in [5.74, 6) is 0.643. The van der Waals surface area contributed by atoms with Gasteiger partial charge in [0, 0.05) is 12.6 Å².